The minimum absolute atomic E-state index is 0.0820. The molecular weight excluding hydrogens is 240 g/mol. The maximum atomic E-state index is 11.6. The fourth-order valence-corrected chi connectivity index (χ4v) is 1.92. The van der Waals surface area contributed by atoms with Crippen molar-refractivity contribution in [2.75, 3.05) is 25.2 Å². The van der Waals surface area contributed by atoms with E-state index < -0.39 is 0 Å². The Hall–Kier alpha value is -1.42. The Labute approximate surface area is 115 Å². The SMILES string of the molecule is CCC(=O)c1ccc(N(CCOC)C(C)CC)cn1. The van der Waals surface area contributed by atoms with Gasteiger partial charge in [0.15, 0.2) is 5.78 Å². The second kappa shape index (κ2) is 7.89. The van der Waals surface area contributed by atoms with E-state index in [9.17, 15) is 4.79 Å². The number of carbonyl (C=O) groups excluding carboxylic acids is 1. The fraction of sp³-hybridized carbons (Fsp3) is 0.600. The molecule has 0 aliphatic rings. The Bertz CT molecular complexity index is 390. The molecule has 0 saturated heterocycles. The molecule has 0 aromatic carbocycles. The molecule has 0 fully saturated rings. The molecule has 0 bridgehead atoms. The Morgan fingerprint density at radius 3 is 2.63 bits per heavy atom. The zero-order valence-electron chi connectivity index (χ0n) is 12.3. The molecule has 1 atom stereocenters. The lowest BCUT2D eigenvalue weighted by molar-refractivity contribution is 0.0983. The van der Waals surface area contributed by atoms with Crippen LogP contribution in [0.5, 0.6) is 0 Å². The molecule has 1 rings (SSSR count). The van der Waals surface area contributed by atoms with Gasteiger partial charge >= 0.3 is 0 Å². The van der Waals surface area contributed by atoms with Crippen molar-refractivity contribution < 1.29 is 9.53 Å². The van der Waals surface area contributed by atoms with Crippen LogP contribution < -0.4 is 4.90 Å². The molecule has 106 valence electrons. The van der Waals surface area contributed by atoms with Gasteiger partial charge in [-0.2, -0.15) is 0 Å². The van der Waals surface area contributed by atoms with Crippen LogP contribution in [-0.2, 0) is 4.74 Å². The molecule has 0 saturated carbocycles. The van der Waals surface area contributed by atoms with E-state index in [0.717, 1.165) is 18.7 Å². The second-order valence-electron chi connectivity index (χ2n) is 4.62. The van der Waals surface area contributed by atoms with Crippen molar-refractivity contribution in [3.05, 3.63) is 24.0 Å². The Morgan fingerprint density at radius 1 is 1.42 bits per heavy atom. The molecule has 0 amide bonds. The maximum Gasteiger partial charge on any atom is 0.180 e. The minimum atomic E-state index is 0.0820. The fourth-order valence-electron chi connectivity index (χ4n) is 1.92. The summed E-state index contributed by atoms with van der Waals surface area (Å²) in [5.41, 5.74) is 1.58. The predicted molar refractivity (Wildman–Crippen MR) is 77.8 cm³/mol. The number of aromatic nitrogens is 1. The third-order valence-corrected chi connectivity index (χ3v) is 3.35. The number of ketones is 1. The summed E-state index contributed by atoms with van der Waals surface area (Å²) < 4.78 is 5.15. The van der Waals surface area contributed by atoms with E-state index in [1.165, 1.54) is 0 Å². The van der Waals surface area contributed by atoms with Gasteiger partial charge in [0.2, 0.25) is 0 Å². The van der Waals surface area contributed by atoms with Gasteiger partial charge in [0.25, 0.3) is 0 Å². The molecule has 0 aliphatic heterocycles. The van der Waals surface area contributed by atoms with Crippen molar-refractivity contribution in [2.24, 2.45) is 0 Å². The van der Waals surface area contributed by atoms with Gasteiger partial charge in [-0.15, -0.1) is 0 Å². The molecule has 0 aliphatic carbocycles. The number of anilines is 1. The zero-order chi connectivity index (χ0) is 14.3. The summed E-state index contributed by atoms with van der Waals surface area (Å²) in [6.45, 7) is 7.70. The van der Waals surface area contributed by atoms with Crippen LogP contribution in [0.2, 0.25) is 0 Å². The van der Waals surface area contributed by atoms with Gasteiger partial charge in [-0.1, -0.05) is 13.8 Å². The van der Waals surface area contributed by atoms with E-state index in [1.807, 2.05) is 19.1 Å². The quantitative estimate of drug-likeness (QED) is 0.677. The number of ether oxygens (including phenoxy) is 1. The van der Waals surface area contributed by atoms with Crippen LogP contribution in [0.1, 0.15) is 44.1 Å². The summed E-state index contributed by atoms with van der Waals surface area (Å²) in [6, 6.07) is 4.20. The Balaban J connectivity index is 2.87. The monoisotopic (exact) mass is 264 g/mol. The first kappa shape index (κ1) is 15.6. The van der Waals surface area contributed by atoms with Gasteiger partial charge in [0, 0.05) is 26.1 Å². The molecule has 4 nitrogen and oxygen atoms in total. The maximum absolute atomic E-state index is 11.6. The first-order valence-corrected chi connectivity index (χ1v) is 6.88. The lowest BCUT2D eigenvalue weighted by Gasteiger charge is -2.30. The first-order chi connectivity index (χ1) is 9.13. The third kappa shape index (κ3) is 4.31. The topological polar surface area (TPSA) is 42.4 Å². The van der Waals surface area contributed by atoms with Gasteiger partial charge in [0.1, 0.15) is 5.69 Å². The van der Waals surface area contributed by atoms with E-state index >= 15 is 0 Å². The van der Waals surface area contributed by atoms with Crippen LogP contribution in [0, 0.1) is 0 Å². The predicted octanol–water partition coefficient (Wildman–Crippen LogP) is 2.93. The molecule has 0 radical (unpaired) electrons. The average Bonchev–Trinajstić information content (AvgIpc) is 2.47. The highest BCUT2D eigenvalue weighted by Gasteiger charge is 2.14. The van der Waals surface area contributed by atoms with Crippen molar-refractivity contribution in [2.45, 2.75) is 39.7 Å². The summed E-state index contributed by atoms with van der Waals surface area (Å²) in [5.74, 6) is 0.0820. The molecule has 0 N–H and O–H groups in total. The van der Waals surface area contributed by atoms with Gasteiger partial charge in [-0.05, 0) is 25.5 Å². The number of Topliss-reactive ketones (excluding diaryl/α,β-unsaturated/α-hetero) is 1. The number of hydrogen-bond acceptors (Lipinski definition) is 4. The van der Waals surface area contributed by atoms with Crippen molar-refractivity contribution in [1.82, 2.24) is 4.98 Å². The van der Waals surface area contributed by atoms with Crippen LogP contribution in [0.3, 0.4) is 0 Å². The van der Waals surface area contributed by atoms with Crippen LogP contribution in [0.25, 0.3) is 0 Å². The Kier molecular flexibility index (Phi) is 6.50. The molecule has 1 aromatic rings. The number of nitrogens with zero attached hydrogens (tertiary/aromatic N) is 2. The van der Waals surface area contributed by atoms with Crippen LogP contribution in [0.15, 0.2) is 18.3 Å². The third-order valence-electron chi connectivity index (χ3n) is 3.35. The van der Waals surface area contributed by atoms with Gasteiger partial charge < -0.3 is 9.64 Å². The van der Waals surface area contributed by atoms with Crippen LogP contribution in [-0.4, -0.2) is 37.1 Å². The van der Waals surface area contributed by atoms with E-state index in [2.05, 4.69) is 23.7 Å². The second-order valence-corrected chi connectivity index (χ2v) is 4.62. The van der Waals surface area contributed by atoms with E-state index in [4.69, 9.17) is 4.74 Å². The van der Waals surface area contributed by atoms with Crippen molar-refractivity contribution >= 4 is 11.5 Å². The summed E-state index contributed by atoms with van der Waals surface area (Å²) >= 11 is 0. The molecule has 1 heterocycles. The summed E-state index contributed by atoms with van der Waals surface area (Å²) in [5, 5.41) is 0. The van der Waals surface area contributed by atoms with E-state index in [0.29, 0.717) is 24.8 Å². The molecule has 1 unspecified atom stereocenters. The van der Waals surface area contributed by atoms with Crippen molar-refractivity contribution in [3.63, 3.8) is 0 Å². The lowest BCUT2D eigenvalue weighted by atomic mass is 10.1. The molecule has 1 aromatic heterocycles. The van der Waals surface area contributed by atoms with Gasteiger partial charge in [0.05, 0.1) is 18.5 Å². The van der Waals surface area contributed by atoms with Crippen LogP contribution >= 0.6 is 0 Å². The van der Waals surface area contributed by atoms with Crippen molar-refractivity contribution in [1.29, 1.82) is 0 Å². The van der Waals surface area contributed by atoms with Crippen molar-refractivity contribution in [3.8, 4) is 0 Å². The summed E-state index contributed by atoms with van der Waals surface area (Å²) in [4.78, 5) is 18.1. The number of rotatable bonds is 8. The number of methoxy groups -OCH3 is 1. The Morgan fingerprint density at radius 2 is 2.16 bits per heavy atom. The average molecular weight is 264 g/mol. The van der Waals surface area contributed by atoms with Crippen LogP contribution in [0.4, 0.5) is 5.69 Å². The highest BCUT2D eigenvalue weighted by atomic mass is 16.5. The zero-order valence-corrected chi connectivity index (χ0v) is 12.3. The highest BCUT2D eigenvalue weighted by Crippen LogP contribution is 2.18. The smallest absolute Gasteiger partial charge is 0.180 e. The highest BCUT2D eigenvalue weighted by molar-refractivity contribution is 5.94. The minimum Gasteiger partial charge on any atom is -0.383 e. The van der Waals surface area contributed by atoms with Gasteiger partial charge in [-0.3, -0.25) is 9.78 Å². The molecule has 4 heteroatoms. The summed E-state index contributed by atoms with van der Waals surface area (Å²) in [7, 11) is 1.70. The molecular formula is C15H24N2O2. The standard InChI is InChI=1S/C15H24N2O2/c1-5-12(3)17(9-10-19-4)13-7-8-14(16-11-13)15(18)6-2/h7-8,11-12H,5-6,9-10H2,1-4H3. The van der Waals surface area contributed by atoms with Gasteiger partial charge in [-0.25, -0.2) is 0 Å². The number of pyridine rings is 1. The molecule has 0 spiro atoms. The van der Waals surface area contributed by atoms with E-state index in [-0.39, 0.29) is 5.78 Å². The molecule has 19 heavy (non-hydrogen) atoms. The normalized spacial score (nSPS) is 12.2. The summed E-state index contributed by atoms with van der Waals surface area (Å²) in [6.07, 6.45) is 3.33. The number of hydrogen-bond donors (Lipinski definition) is 0. The number of carbonyl (C=O) groups is 1. The van der Waals surface area contributed by atoms with E-state index in [1.54, 1.807) is 13.3 Å². The lowest BCUT2D eigenvalue weighted by Crippen LogP contribution is -2.35. The first-order valence-electron chi connectivity index (χ1n) is 6.88. The largest absolute Gasteiger partial charge is 0.383 e.